The average molecular weight is 358 g/mol. The Bertz CT molecular complexity index is 845. The van der Waals surface area contributed by atoms with Crippen molar-refractivity contribution < 1.29 is 14.3 Å². The molecule has 1 aromatic carbocycles. The fraction of sp³-hybridized carbons (Fsp3) is 0.235. The lowest BCUT2D eigenvalue weighted by Crippen LogP contribution is -2.25. The Balaban J connectivity index is 1.56. The quantitative estimate of drug-likeness (QED) is 0.701. The van der Waals surface area contributed by atoms with E-state index in [0.29, 0.717) is 30.0 Å². The standard InChI is InChI=1S/C17H18N4O3S/c1-23-14-5-4-12(10-15(14)24-2)16(22)18-8-6-13-11-25-17(20-13)21-9-3-7-19-21/h3-5,7,9-11H,6,8H2,1-2H3,(H,18,22). The maximum Gasteiger partial charge on any atom is 0.251 e. The summed E-state index contributed by atoms with van der Waals surface area (Å²) in [6.07, 6.45) is 4.21. The van der Waals surface area contributed by atoms with Crippen LogP contribution < -0.4 is 14.8 Å². The molecule has 1 amide bonds. The highest BCUT2D eigenvalue weighted by Crippen LogP contribution is 2.27. The second-order valence-corrected chi connectivity index (χ2v) is 5.98. The molecule has 0 fully saturated rings. The monoisotopic (exact) mass is 358 g/mol. The van der Waals surface area contributed by atoms with E-state index in [2.05, 4.69) is 15.4 Å². The minimum Gasteiger partial charge on any atom is -0.493 e. The first kappa shape index (κ1) is 17.0. The molecule has 0 saturated heterocycles. The number of carbonyl (C=O) groups is 1. The van der Waals surface area contributed by atoms with Crippen LogP contribution in [0, 0.1) is 0 Å². The molecule has 0 aliphatic carbocycles. The fourth-order valence-corrected chi connectivity index (χ4v) is 3.08. The number of hydrogen-bond donors (Lipinski definition) is 1. The van der Waals surface area contributed by atoms with Gasteiger partial charge in [-0.05, 0) is 24.3 Å². The summed E-state index contributed by atoms with van der Waals surface area (Å²) in [5.41, 5.74) is 1.44. The SMILES string of the molecule is COc1ccc(C(=O)NCCc2csc(-n3cccn3)n2)cc1OC. The minimum absolute atomic E-state index is 0.163. The van der Waals surface area contributed by atoms with Gasteiger partial charge in [-0.1, -0.05) is 0 Å². The zero-order chi connectivity index (χ0) is 17.6. The highest BCUT2D eigenvalue weighted by atomic mass is 32.1. The van der Waals surface area contributed by atoms with Gasteiger partial charge in [0.05, 0.1) is 19.9 Å². The van der Waals surface area contributed by atoms with E-state index < -0.39 is 0 Å². The van der Waals surface area contributed by atoms with Crippen LogP contribution in [0.25, 0.3) is 5.13 Å². The largest absolute Gasteiger partial charge is 0.493 e. The lowest BCUT2D eigenvalue weighted by Gasteiger charge is -2.09. The number of methoxy groups -OCH3 is 2. The number of nitrogens with one attached hydrogen (secondary N) is 1. The molecular weight excluding hydrogens is 340 g/mol. The van der Waals surface area contributed by atoms with Gasteiger partial charge in [0.2, 0.25) is 5.13 Å². The molecule has 8 heteroatoms. The predicted molar refractivity (Wildman–Crippen MR) is 94.8 cm³/mol. The Hall–Kier alpha value is -2.87. The molecule has 0 unspecified atom stereocenters. The van der Waals surface area contributed by atoms with E-state index in [0.717, 1.165) is 10.8 Å². The highest BCUT2D eigenvalue weighted by molar-refractivity contribution is 7.12. The molecule has 0 atom stereocenters. The van der Waals surface area contributed by atoms with Crippen molar-refractivity contribution in [3.05, 3.63) is 53.3 Å². The summed E-state index contributed by atoms with van der Waals surface area (Å²) in [5, 5.41) is 9.82. The molecule has 7 nitrogen and oxygen atoms in total. The van der Waals surface area contributed by atoms with Crippen LogP contribution in [0.1, 0.15) is 16.1 Å². The summed E-state index contributed by atoms with van der Waals surface area (Å²) >= 11 is 1.52. The zero-order valence-electron chi connectivity index (χ0n) is 13.9. The molecule has 25 heavy (non-hydrogen) atoms. The van der Waals surface area contributed by atoms with Gasteiger partial charge in [-0.25, -0.2) is 9.67 Å². The third-order valence-corrected chi connectivity index (χ3v) is 4.43. The number of thiazole rings is 1. The second-order valence-electron chi connectivity index (χ2n) is 5.15. The number of hydrogen-bond acceptors (Lipinski definition) is 6. The van der Waals surface area contributed by atoms with Crippen LogP contribution >= 0.6 is 11.3 Å². The number of benzene rings is 1. The molecule has 2 heterocycles. The van der Waals surface area contributed by atoms with Crippen molar-refractivity contribution in [2.45, 2.75) is 6.42 Å². The number of aromatic nitrogens is 3. The molecule has 0 aliphatic heterocycles. The summed E-state index contributed by atoms with van der Waals surface area (Å²) in [5.74, 6) is 0.953. The van der Waals surface area contributed by atoms with Gasteiger partial charge in [-0.15, -0.1) is 11.3 Å². The first-order valence-corrected chi connectivity index (χ1v) is 8.54. The average Bonchev–Trinajstić information content (AvgIpc) is 3.32. The third kappa shape index (κ3) is 3.97. The van der Waals surface area contributed by atoms with Crippen molar-refractivity contribution in [1.29, 1.82) is 0 Å². The van der Waals surface area contributed by atoms with Crippen LogP contribution in [0.3, 0.4) is 0 Å². The van der Waals surface area contributed by atoms with E-state index in [1.54, 1.807) is 43.3 Å². The van der Waals surface area contributed by atoms with Gasteiger partial charge in [0.15, 0.2) is 11.5 Å². The maximum atomic E-state index is 12.3. The van der Waals surface area contributed by atoms with Crippen molar-refractivity contribution >= 4 is 17.2 Å². The molecule has 130 valence electrons. The lowest BCUT2D eigenvalue weighted by atomic mass is 10.2. The molecule has 0 aliphatic rings. The Labute approximate surface area is 149 Å². The van der Waals surface area contributed by atoms with Crippen molar-refractivity contribution in [1.82, 2.24) is 20.1 Å². The molecule has 1 N–H and O–H groups in total. The van der Waals surface area contributed by atoms with Gasteiger partial charge in [0.25, 0.3) is 5.91 Å². The van der Waals surface area contributed by atoms with E-state index in [1.165, 1.54) is 11.3 Å². The number of nitrogens with zero attached hydrogens (tertiary/aromatic N) is 3. The van der Waals surface area contributed by atoms with Crippen molar-refractivity contribution in [2.24, 2.45) is 0 Å². The first-order valence-electron chi connectivity index (χ1n) is 7.66. The van der Waals surface area contributed by atoms with Crippen LogP contribution in [-0.4, -0.2) is 41.4 Å². The van der Waals surface area contributed by atoms with E-state index in [1.807, 2.05) is 17.6 Å². The minimum atomic E-state index is -0.163. The number of carbonyl (C=O) groups excluding carboxylic acids is 1. The number of rotatable bonds is 7. The molecule has 0 bridgehead atoms. The Morgan fingerprint density at radius 2 is 2.12 bits per heavy atom. The smallest absolute Gasteiger partial charge is 0.251 e. The predicted octanol–water partition coefficient (Wildman–Crippen LogP) is 2.32. The molecule has 3 rings (SSSR count). The molecule has 0 radical (unpaired) electrons. The van der Waals surface area contributed by atoms with Gasteiger partial charge >= 0.3 is 0 Å². The summed E-state index contributed by atoms with van der Waals surface area (Å²) in [7, 11) is 3.10. The lowest BCUT2D eigenvalue weighted by molar-refractivity contribution is 0.0953. The molecular formula is C17H18N4O3S. The summed E-state index contributed by atoms with van der Waals surface area (Å²) in [6, 6.07) is 6.93. The van der Waals surface area contributed by atoms with Crippen LogP contribution in [0.5, 0.6) is 11.5 Å². The summed E-state index contributed by atoms with van der Waals surface area (Å²) in [4.78, 5) is 16.8. The highest BCUT2D eigenvalue weighted by Gasteiger charge is 2.11. The third-order valence-electron chi connectivity index (χ3n) is 3.55. The van der Waals surface area contributed by atoms with Crippen molar-refractivity contribution in [3.63, 3.8) is 0 Å². The van der Waals surface area contributed by atoms with E-state index in [9.17, 15) is 4.79 Å². The van der Waals surface area contributed by atoms with Gasteiger partial charge in [-0.3, -0.25) is 4.79 Å². The van der Waals surface area contributed by atoms with Crippen molar-refractivity contribution in [2.75, 3.05) is 20.8 Å². The van der Waals surface area contributed by atoms with Crippen LogP contribution in [0.2, 0.25) is 0 Å². The molecule has 2 aromatic heterocycles. The van der Waals surface area contributed by atoms with Gasteiger partial charge < -0.3 is 14.8 Å². The second kappa shape index (κ2) is 7.80. The summed E-state index contributed by atoms with van der Waals surface area (Å²) in [6.45, 7) is 0.495. The van der Waals surface area contributed by atoms with E-state index in [4.69, 9.17) is 9.47 Å². The number of ether oxygens (including phenoxy) is 2. The maximum absolute atomic E-state index is 12.3. The Morgan fingerprint density at radius 1 is 1.28 bits per heavy atom. The topological polar surface area (TPSA) is 78.3 Å². The molecule has 0 saturated carbocycles. The Kier molecular flexibility index (Phi) is 5.30. The summed E-state index contributed by atoms with van der Waals surface area (Å²) < 4.78 is 12.1. The molecule has 0 spiro atoms. The van der Waals surface area contributed by atoms with Gasteiger partial charge in [0.1, 0.15) is 0 Å². The molecule has 3 aromatic rings. The Morgan fingerprint density at radius 3 is 2.84 bits per heavy atom. The van der Waals surface area contributed by atoms with Gasteiger partial charge in [-0.2, -0.15) is 5.10 Å². The first-order chi connectivity index (χ1) is 12.2. The normalized spacial score (nSPS) is 10.5. The van der Waals surface area contributed by atoms with Crippen LogP contribution in [0.15, 0.2) is 42.0 Å². The zero-order valence-corrected chi connectivity index (χ0v) is 14.7. The van der Waals surface area contributed by atoms with Crippen LogP contribution in [-0.2, 0) is 6.42 Å². The fourth-order valence-electron chi connectivity index (χ4n) is 2.28. The van der Waals surface area contributed by atoms with Gasteiger partial charge in [0, 0.05) is 36.3 Å². The van der Waals surface area contributed by atoms with Crippen molar-refractivity contribution in [3.8, 4) is 16.6 Å². The van der Waals surface area contributed by atoms with Crippen LogP contribution in [0.4, 0.5) is 0 Å². The van der Waals surface area contributed by atoms with E-state index in [-0.39, 0.29) is 5.91 Å². The number of amides is 1. The van der Waals surface area contributed by atoms with E-state index >= 15 is 0 Å².